The van der Waals surface area contributed by atoms with E-state index in [-0.39, 0.29) is 0 Å². The predicted octanol–water partition coefficient (Wildman–Crippen LogP) is 0.547. The summed E-state index contributed by atoms with van der Waals surface area (Å²) in [7, 11) is 0.873. The van der Waals surface area contributed by atoms with Gasteiger partial charge >= 0.3 is 0 Å². The van der Waals surface area contributed by atoms with E-state index in [0.717, 1.165) is 10.5 Å². The van der Waals surface area contributed by atoms with E-state index in [1.165, 1.54) is 6.38 Å². The lowest BCUT2D eigenvalue weighted by molar-refractivity contribution is 0.267. The van der Waals surface area contributed by atoms with Crippen molar-refractivity contribution in [3.8, 4) is 0 Å². The Morgan fingerprint density at radius 2 is 1.57 bits per heavy atom. The maximum absolute atomic E-state index is 4.89. The molecule has 0 saturated carbocycles. The van der Waals surface area contributed by atoms with Gasteiger partial charge in [0, 0.05) is 12.5 Å². The first-order chi connectivity index (χ1) is 3.27. The summed E-state index contributed by atoms with van der Waals surface area (Å²) in [4.78, 5) is 0. The summed E-state index contributed by atoms with van der Waals surface area (Å²) < 4.78 is 4.89. The van der Waals surface area contributed by atoms with Crippen LogP contribution in [0.5, 0.6) is 0 Å². The van der Waals surface area contributed by atoms with Crippen LogP contribution in [0.4, 0.5) is 0 Å². The predicted molar refractivity (Wildman–Crippen MR) is 37.9 cm³/mol. The highest BCUT2D eigenvalue weighted by molar-refractivity contribution is 6.15. The minimum Gasteiger partial charge on any atom is -0.426 e. The van der Waals surface area contributed by atoms with Crippen LogP contribution in [-0.4, -0.2) is 23.0 Å². The SMILES string of the molecule is CC(C)O[SiH3].CCl. The Morgan fingerprint density at radius 1 is 1.43 bits per heavy atom. The lowest BCUT2D eigenvalue weighted by atomic mass is 10.5. The fourth-order valence-electron chi connectivity index (χ4n) is 0. The highest BCUT2D eigenvalue weighted by Gasteiger charge is 1.77. The molecule has 0 aliphatic rings. The molecule has 0 N–H and O–H groups in total. The molecule has 0 aromatic carbocycles. The topological polar surface area (TPSA) is 9.23 Å². The molecule has 0 aromatic rings. The van der Waals surface area contributed by atoms with E-state index < -0.39 is 0 Å². The Morgan fingerprint density at radius 3 is 1.57 bits per heavy atom. The van der Waals surface area contributed by atoms with Crippen molar-refractivity contribution in [2.24, 2.45) is 0 Å². The van der Waals surface area contributed by atoms with Crippen molar-refractivity contribution in [1.82, 2.24) is 0 Å². The molecule has 1 nitrogen and oxygen atoms in total. The summed E-state index contributed by atoms with van der Waals surface area (Å²) in [5.41, 5.74) is 0. The normalized spacial score (nSPS) is 8.14. The van der Waals surface area contributed by atoms with E-state index in [9.17, 15) is 0 Å². The lowest BCUT2D eigenvalue weighted by Crippen LogP contribution is -1.95. The zero-order valence-electron chi connectivity index (χ0n) is 5.36. The van der Waals surface area contributed by atoms with Gasteiger partial charge in [-0.1, -0.05) is 0 Å². The summed E-state index contributed by atoms with van der Waals surface area (Å²) in [6.07, 6.45) is 1.92. The third-order valence-electron chi connectivity index (χ3n) is 0.471. The first-order valence-corrected chi connectivity index (χ1v) is 3.75. The average molecular weight is 141 g/mol. The molecule has 0 unspecified atom stereocenters. The summed E-state index contributed by atoms with van der Waals surface area (Å²) >= 11 is 4.64. The molecule has 0 atom stereocenters. The van der Waals surface area contributed by atoms with Gasteiger partial charge in [-0.05, 0) is 13.8 Å². The number of alkyl halides is 1. The van der Waals surface area contributed by atoms with Crippen molar-refractivity contribution >= 4 is 22.1 Å². The summed E-state index contributed by atoms with van der Waals surface area (Å²) in [6.45, 7) is 4.07. The van der Waals surface area contributed by atoms with E-state index in [2.05, 4.69) is 11.6 Å². The first-order valence-electron chi connectivity index (χ1n) is 2.18. The maximum Gasteiger partial charge on any atom is 0.146 e. The second-order valence-electron chi connectivity index (χ2n) is 1.28. The molecule has 0 bridgehead atoms. The number of hydrogen-bond donors (Lipinski definition) is 0. The molecule has 46 valence electrons. The smallest absolute Gasteiger partial charge is 0.146 e. The molecule has 7 heavy (non-hydrogen) atoms. The van der Waals surface area contributed by atoms with E-state index in [0.29, 0.717) is 6.10 Å². The minimum atomic E-state index is 0.446. The molecule has 0 spiro atoms. The van der Waals surface area contributed by atoms with Crippen LogP contribution in [0, 0.1) is 0 Å². The van der Waals surface area contributed by atoms with Crippen molar-refractivity contribution in [1.29, 1.82) is 0 Å². The molecule has 0 heterocycles. The van der Waals surface area contributed by atoms with Crippen LogP contribution >= 0.6 is 11.6 Å². The van der Waals surface area contributed by atoms with Crippen LogP contribution < -0.4 is 0 Å². The molecule has 3 heteroatoms. The number of rotatable bonds is 1. The van der Waals surface area contributed by atoms with Crippen LogP contribution in [0.1, 0.15) is 13.8 Å². The quantitative estimate of drug-likeness (QED) is 0.382. The van der Waals surface area contributed by atoms with Crippen molar-refractivity contribution < 1.29 is 4.43 Å². The molecule has 0 aliphatic carbocycles. The highest BCUT2D eigenvalue weighted by Crippen LogP contribution is 1.76. The first kappa shape index (κ1) is 10.4. The Bertz CT molecular complexity index is 25.7. The molecular weight excluding hydrogens is 128 g/mol. The third kappa shape index (κ3) is 21.2. The van der Waals surface area contributed by atoms with Crippen LogP contribution in [-0.2, 0) is 4.43 Å². The van der Waals surface area contributed by atoms with E-state index >= 15 is 0 Å². The van der Waals surface area contributed by atoms with Crippen molar-refractivity contribution in [3.05, 3.63) is 0 Å². The Hall–Kier alpha value is 0.467. The Kier molecular flexibility index (Phi) is 14.5. The lowest BCUT2D eigenvalue weighted by Gasteiger charge is -1.95. The molecule has 0 radical (unpaired) electrons. The van der Waals surface area contributed by atoms with E-state index in [1.54, 1.807) is 0 Å². The largest absolute Gasteiger partial charge is 0.426 e. The highest BCUT2D eigenvalue weighted by atomic mass is 35.5. The average Bonchev–Trinajstić information content (AvgIpc) is 1.73. The van der Waals surface area contributed by atoms with Gasteiger partial charge in [0.25, 0.3) is 0 Å². The third-order valence-corrected chi connectivity index (χ3v) is 1.41. The summed E-state index contributed by atoms with van der Waals surface area (Å²) in [6, 6.07) is 0. The maximum atomic E-state index is 4.89. The molecule has 0 amide bonds. The zero-order valence-corrected chi connectivity index (χ0v) is 8.12. The van der Waals surface area contributed by atoms with Gasteiger partial charge in [-0.2, -0.15) is 0 Å². The molecule has 0 rings (SSSR count). The number of halogens is 1. The monoisotopic (exact) mass is 140 g/mol. The van der Waals surface area contributed by atoms with Crippen LogP contribution in [0.2, 0.25) is 0 Å². The fraction of sp³-hybridized carbons (Fsp3) is 1.00. The fourth-order valence-corrected chi connectivity index (χ4v) is 0. The van der Waals surface area contributed by atoms with Gasteiger partial charge in [0.15, 0.2) is 0 Å². The summed E-state index contributed by atoms with van der Waals surface area (Å²) in [5.74, 6) is 0. The van der Waals surface area contributed by atoms with Gasteiger partial charge in [-0.25, -0.2) is 0 Å². The van der Waals surface area contributed by atoms with Crippen LogP contribution in [0.25, 0.3) is 0 Å². The van der Waals surface area contributed by atoms with E-state index in [4.69, 9.17) is 4.43 Å². The Labute approximate surface area is 53.6 Å². The standard InChI is InChI=1S/C3H10OSi.CH3Cl/c1-3(2)4-5;1-2/h3H,1-2,5H3;1H3. The van der Waals surface area contributed by atoms with Gasteiger partial charge in [0.05, 0.1) is 0 Å². The second-order valence-corrected chi connectivity index (χ2v) is 1.76. The zero-order chi connectivity index (χ0) is 6.28. The van der Waals surface area contributed by atoms with Crippen LogP contribution in [0.15, 0.2) is 0 Å². The van der Waals surface area contributed by atoms with Gasteiger partial charge in [0.1, 0.15) is 10.5 Å². The van der Waals surface area contributed by atoms with Gasteiger partial charge in [-0.15, -0.1) is 11.6 Å². The minimum absolute atomic E-state index is 0.446. The van der Waals surface area contributed by atoms with Gasteiger partial charge in [0.2, 0.25) is 0 Å². The second kappa shape index (κ2) is 9.69. The summed E-state index contributed by atoms with van der Waals surface area (Å²) in [5, 5.41) is 0. The van der Waals surface area contributed by atoms with Crippen molar-refractivity contribution in [2.45, 2.75) is 20.0 Å². The van der Waals surface area contributed by atoms with Crippen molar-refractivity contribution in [3.63, 3.8) is 0 Å². The molecule has 0 fully saturated rings. The van der Waals surface area contributed by atoms with Crippen molar-refractivity contribution in [2.75, 3.05) is 6.38 Å². The molecule has 0 aliphatic heterocycles. The van der Waals surface area contributed by atoms with E-state index in [1.807, 2.05) is 13.8 Å². The molecule has 0 saturated heterocycles. The van der Waals surface area contributed by atoms with Gasteiger partial charge < -0.3 is 4.43 Å². The number of hydrogen-bond acceptors (Lipinski definition) is 1. The van der Waals surface area contributed by atoms with Crippen LogP contribution in [0.3, 0.4) is 0 Å². The molecule has 0 aromatic heterocycles. The van der Waals surface area contributed by atoms with Gasteiger partial charge in [-0.3, -0.25) is 0 Å². The molecular formula is C4H13ClOSi. The Balaban J connectivity index is 0.